The Hall–Kier alpha value is -1.78. The highest BCUT2D eigenvalue weighted by molar-refractivity contribution is 5.23. The van der Waals surface area contributed by atoms with Crippen molar-refractivity contribution < 1.29 is 13.9 Å². The molecular weight excluding hydrogens is 248 g/mol. The number of halogens is 2. The number of hydrogen-bond acceptors (Lipinski definition) is 2. The van der Waals surface area contributed by atoms with E-state index in [2.05, 4.69) is 5.32 Å². The second-order valence-corrected chi connectivity index (χ2v) is 4.36. The molecule has 0 aromatic heterocycles. The standard InChI is InChI=1S/C15H15F2NO/c16-14-5-13(6-15(17)7-14)9-18-8-11-2-1-3-12(4-11)10-19/h1-7,18-19H,8-10H2. The second kappa shape index (κ2) is 6.41. The van der Waals surface area contributed by atoms with Gasteiger partial charge in [0.2, 0.25) is 0 Å². The van der Waals surface area contributed by atoms with E-state index in [4.69, 9.17) is 5.11 Å². The molecule has 0 fully saturated rings. The van der Waals surface area contributed by atoms with Crippen LogP contribution < -0.4 is 5.32 Å². The maximum atomic E-state index is 13.0. The quantitative estimate of drug-likeness (QED) is 0.869. The minimum absolute atomic E-state index is 0.00292. The molecule has 0 bridgehead atoms. The van der Waals surface area contributed by atoms with Gasteiger partial charge < -0.3 is 10.4 Å². The fourth-order valence-electron chi connectivity index (χ4n) is 1.90. The maximum Gasteiger partial charge on any atom is 0.126 e. The van der Waals surface area contributed by atoms with Gasteiger partial charge in [0.1, 0.15) is 11.6 Å². The van der Waals surface area contributed by atoms with E-state index in [0.717, 1.165) is 17.2 Å². The maximum absolute atomic E-state index is 13.0. The van der Waals surface area contributed by atoms with Crippen molar-refractivity contribution in [3.63, 3.8) is 0 Å². The Morgan fingerprint density at radius 1 is 0.842 bits per heavy atom. The van der Waals surface area contributed by atoms with E-state index in [0.29, 0.717) is 18.7 Å². The highest BCUT2D eigenvalue weighted by Gasteiger charge is 2.01. The molecule has 2 nitrogen and oxygen atoms in total. The van der Waals surface area contributed by atoms with Crippen LogP contribution in [0, 0.1) is 11.6 Å². The first-order valence-electron chi connectivity index (χ1n) is 6.02. The summed E-state index contributed by atoms with van der Waals surface area (Å²) in [5, 5.41) is 12.1. The lowest BCUT2D eigenvalue weighted by Gasteiger charge is -2.07. The van der Waals surface area contributed by atoms with Gasteiger partial charge in [-0.3, -0.25) is 0 Å². The van der Waals surface area contributed by atoms with Crippen molar-refractivity contribution in [2.24, 2.45) is 0 Å². The van der Waals surface area contributed by atoms with Gasteiger partial charge in [0.05, 0.1) is 6.61 Å². The van der Waals surface area contributed by atoms with Gasteiger partial charge in [0, 0.05) is 19.2 Å². The van der Waals surface area contributed by atoms with Crippen molar-refractivity contribution >= 4 is 0 Å². The van der Waals surface area contributed by atoms with Crippen molar-refractivity contribution in [2.45, 2.75) is 19.7 Å². The van der Waals surface area contributed by atoms with Gasteiger partial charge in [-0.05, 0) is 28.8 Å². The molecule has 2 aromatic rings. The first kappa shape index (κ1) is 13.6. The fourth-order valence-corrected chi connectivity index (χ4v) is 1.90. The minimum Gasteiger partial charge on any atom is -0.392 e. The van der Waals surface area contributed by atoms with Gasteiger partial charge in [-0.25, -0.2) is 8.78 Å². The number of benzene rings is 2. The first-order chi connectivity index (χ1) is 9.17. The van der Waals surface area contributed by atoms with Crippen molar-refractivity contribution in [1.82, 2.24) is 5.32 Å². The Labute approximate surface area is 110 Å². The summed E-state index contributed by atoms with van der Waals surface area (Å²) in [6.07, 6.45) is 0. The van der Waals surface area contributed by atoms with Crippen molar-refractivity contribution in [3.05, 3.63) is 70.8 Å². The monoisotopic (exact) mass is 263 g/mol. The molecule has 0 heterocycles. The van der Waals surface area contributed by atoms with Crippen LogP contribution in [-0.4, -0.2) is 5.11 Å². The predicted molar refractivity (Wildman–Crippen MR) is 69.3 cm³/mol. The summed E-state index contributed by atoms with van der Waals surface area (Å²) in [6, 6.07) is 11.0. The zero-order valence-electron chi connectivity index (χ0n) is 10.4. The average Bonchev–Trinajstić information content (AvgIpc) is 2.38. The van der Waals surface area contributed by atoms with Crippen LogP contribution in [0.5, 0.6) is 0 Å². The van der Waals surface area contributed by atoms with Crippen LogP contribution in [-0.2, 0) is 19.7 Å². The molecule has 4 heteroatoms. The van der Waals surface area contributed by atoms with Crippen LogP contribution in [0.2, 0.25) is 0 Å². The van der Waals surface area contributed by atoms with Crippen LogP contribution in [0.4, 0.5) is 8.78 Å². The number of nitrogens with one attached hydrogen (secondary N) is 1. The third-order valence-electron chi connectivity index (χ3n) is 2.75. The predicted octanol–water partition coefficient (Wildman–Crippen LogP) is 2.75. The molecule has 0 saturated carbocycles. The van der Waals surface area contributed by atoms with Crippen LogP contribution in [0.25, 0.3) is 0 Å². The summed E-state index contributed by atoms with van der Waals surface area (Å²) in [7, 11) is 0. The van der Waals surface area contributed by atoms with E-state index in [1.807, 2.05) is 24.3 Å². The summed E-state index contributed by atoms with van der Waals surface area (Å²) in [5.74, 6) is -1.14. The molecule has 0 amide bonds. The molecule has 0 radical (unpaired) electrons. The third-order valence-corrected chi connectivity index (χ3v) is 2.75. The lowest BCUT2D eigenvalue weighted by Crippen LogP contribution is -2.13. The normalized spacial score (nSPS) is 10.7. The van der Waals surface area contributed by atoms with E-state index < -0.39 is 11.6 Å². The first-order valence-corrected chi connectivity index (χ1v) is 6.02. The zero-order valence-corrected chi connectivity index (χ0v) is 10.4. The van der Waals surface area contributed by atoms with Crippen LogP contribution in [0.15, 0.2) is 42.5 Å². The summed E-state index contributed by atoms with van der Waals surface area (Å²) in [6.45, 7) is 0.965. The fraction of sp³-hybridized carbons (Fsp3) is 0.200. The summed E-state index contributed by atoms with van der Waals surface area (Å²) < 4.78 is 26.0. The number of rotatable bonds is 5. The summed E-state index contributed by atoms with van der Waals surface area (Å²) >= 11 is 0. The molecular formula is C15H15F2NO. The Balaban J connectivity index is 1.92. The van der Waals surface area contributed by atoms with Gasteiger partial charge in [0.25, 0.3) is 0 Å². The molecule has 0 unspecified atom stereocenters. The molecule has 2 rings (SSSR count). The molecule has 0 saturated heterocycles. The lowest BCUT2D eigenvalue weighted by atomic mass is 10.1. The highest BCUT2D eigenvalue weighted by Crippen LogP contribution is 2.09. The van der Waals surface area contributed by atoms with E-state index in [-0.39, 0.29) is 6.61 Å². The zero-order chi connectivity index (χ0) is 13.7. The van der Waals surface area contributed by atoms with Gasteiger partial charge in [-0.15, -0.1) is 0 Å². The van der Waals surface area contributed by atoms with Crippen LogP contribution in [0.3, 0.4) is 0 Å². The van der Waals surface area contributed by atoms with E-state index in [1.165, 1.54) is 12.1 Å². The topological polar surface area (TPSA) is 32.3 Å². The van der Waals surface area contributed by atoms with E-state index >= 15 is 0 Å². The van der Waals surface area contributed by atoms with Crippen molar-refractivity contribution in [1.29, 1.82) is 0 Å². The Morgan fingerprint density at radius 2 is 1.47 bits per heavy atom. The van der Waals surface area contributed by atoms with Gasteiger partial charge >= 0.3 is 0 Å². The Morgan fingerprint density at radius 3 is 2.16 bits per heavy atom. The number of aliphatic hydroxyl groups is 1. The number of aliphatic hydroxyl groups excluding tert-OH is 1. The summed E-state index contributed by atoms with van der Waals surface area (Å²) in [5.41, 5.74) is 2.43. The molecule has 100 valence electrons. The van der Waals surface area contributed by atoms with Crippen LogP contribution >= 0.6 is 0 Å². The third kappa shape index (κ3) is 4.12. The van der Waals surface area contributed by atoms with Crippen molar-refractivity contribution in [3.8, 4) is 0 Å². The van der Waals surface area contributed by atoms with E-state index in [9.17, 15) is 8.78 Å². The van der Waals surface area contributed by atoms with Crippen LogP contribution in [0.1, 0.15) is 16.7 Å². The molecule has 2 N–H and O–H groups in total. The summed E-state index contributed by atoms with van der Waals surface area (Å²) in [4.78, 5) is 0. The molecule has 19 heavy (non-hydrogen) atoms. The second-order valence-electron chi connectivity index (χ2n) is 4.36. The Bertz CT molecular complexity index is 537. The smallest absolute Gasteiger partial charge is 0.126 e. The average molecular weight is 263 g/mol. The van der Waals surface area contributed by atoms with Gasteiger partial charge in [0.15, 0.2) is 0 Å². The SMILES string of the molecule is OCc1cccc(CNCc2cc(F)cc(F)c2)c1. The Kier molecular flexibility index (Phi) is 4.60. The molecule has 0 atom stereocenters. The minimum atomic E-state index is -0.570. The molecule has 2 aromatic carbocycles. The lowest BCUT2D eigenvalue weighted by molar-refractivity contribution is 0.281. The highest BCUT2D eigenvalue weighted by atomic mass is 19.1. The van der Waals surface area contributed by atoms with E-state index in [1.54, 1.807) is 0 Å². The molecule has 0 aliphatic heterocycles. The molecule has 0 spiro atoms. The van der Waals surface area contributed by atoms with Gasteiger partial charge in [-0.2, -0.15) is 0 Å². The van der Waals surface area contributed by atoms with Gasteiger partial charge in [-0.1, -0.05) is 24.3 Å². The molecule has 0 aliphatic carbocycles. The number of hydrogen-bond donors (Lipinski definition) is 2. The molecule has 0 aliphatic rings. The van der Waals surface area contributed by atoms with Crippen molar-refractivity contribution in [2.75, 3.05) is 0 Å². The largest absolute Gasteiger partial charge is 0.392 e.